The van der Waals surface area contributed by atoms with E-state index in [-0.39, 0.29) is 6.04 Å². The summed E-state index contributed by atoms with van der Waals surface area (Å²) in [7, 11) is 0. The van der Waals surface area contributed by atoms with Crippen molar-refractivity contribution >= 4 is 21.6 Å². The van der Waals surface area contributed by atoms with Crippen molar-refractivity contribution in [3.8, 4) is 0 Å². The first-order valence-corrected chi connectivity index (χ1v) is 5.83. The molecule has 0 aromatic carbocycles. The largest absolute Gasteiger partial charge is 0.305 e. The van der Waals surface area contributed by atoms with E-state index in [1.807, 2.05) is 22.9 Å². The van der Waals surface area contributed by atoms with E-state index in [2.05, 4.69) is 44.7 Å². The van der Waals surface area contributed by atoms with E-state index >= 15 is 0 Å². The van der Waals surface area contributed by atoms with Crippen LogP contribution in [0.25, 0.3) is 5.65 Å². The maximum atomic E-state index is 4.28. The van der Waals surface area contributed by atoms with Crippen molar-refractivity contribution in [1.29, 1.82) is 0 Å². The van der Waals surface area contributed by atoms with Gasteiger partial charge in [0.2, 0.25) is 0 Å². The van der Waals surface area contributed by atoms with Gasteiger partial charge in [-0.25, -0.2) is 9.97 Å². The third-order valence-corrected chi connectivity index (χ3v) is 2.81. The molecule has 2 aromatic rings. The fourth-order valence-corrected chi connectivity index (χ4v) is 1.70. The highest BCUT2D eigenvalue weighted by Crippen LogP contribution is 2.10. The van der Waals surface area contributed by atoms with Crippen LogP contribution in [0.4, 0.5) is 0 Å². The average molecular weight is 281 g/mol. The van der Waals surface area contributed by atoms with E-state index in [0.717, 1.165) is 22.5 Å². The van der Waals surface area contributed by atoms with Crippen LogP contribution in [0.3, 0.4) is 0 Å². The molecule has 2 aromatic heterocycles. The molecule has 0 amide bonds. The number of imidazole rings is 1. The first-order valence-electron chi connectivity index (χ1n) is 5.04. The Bertz CT molecular complexity index is 506. The van der Waals surface area contributed by atoms with Gasteiger partial charge in [0.25, 0.3) is 0 Å². The Morgan fingerprint density at radius 2 is 2.38 bits per heavy atom. The standard InChI is InChI=1S/C11H13BrN4/c1-3-8(2)13-4-9-5-15-11-6-14-10(12)7-16(9)11/h3,5-8,13H,1,4H2,2H3. The zero-order valence-electron chi connectivity index (χ0n) is 9.02. The molecule has 0 saturated carbocycles. The van der Waals surface area contributed by atoms with Gasteiger partial charge in [-0.2, -0.15) is 0 Å². The monoisotopic (exact) mass is 280 g/mol. The predicted molar refractivity (Wildman–Crippen MR) is 67.2 cm³/mol. The number of halogens is 1. The third kappa shape index (κ3) is 2.31. The highest BCUT2D eigenvalue weighted by atomic mass is 79.9. The Morgan fingerprint density at radius 1 is 1.56 bits per heavy atom. The highest BCUT2D eigenvalue weighted by molar-refractivity contribution is 9.10. The summed E-state index contributed by atoms with van der Waals surface area (Å²) in [6.45, 7) is 6.55. The van der Waals surface area contributed by atoms with Crippen molar-refractivity contribution in [2.75, 3.05) is 0 Å². The zero-order chi connectivity index (χ0) is 11.5. The molecule has 2 rings (SSSR count). The number of nitrogens with one attached hydrogen (secondary N) is 1. The van der Waals surface area contributed by atoms with Gasteiger partial charge in [0, 0.05) is 18.8 Å². The molecule has 1 N–H and O–H groups in total. The van der Waals surface area contributed by atoms with Crippen LogP contribution in [0.15, 0.2) is 35.8 Å². The number of hydrogen-bond acceptors (Lipinski definition) is 3. The van der Waals surface area contributed by atoms with Crippen LogP contribution in [0.5, 0.6) is 0 Å². The van der Waals surface area contributed by atoms with Gasteiger partial charge in [-0.1, -0.05) is 6.08 Å². The van der Waals surface area contributed by atoms with Crippen LogP contribution < -0.4 is 5.32 Å². The molecule has 0 aliphatic rings. The Hall–Kier alpha value is -1.20. The van der Waals surface area contributed by atoms with Gasteiger partial charge in [-0.3, -0.25) is 4.40 Å². The quantitative estimate of drug-likeness (QED) is 0.873. The van der Waals surface area contributed by atoms with Gasteiger partial charge in [-0.05, 0) is 22.9 Å². The van der Waals surface area contributed by atoms with E-state index in [1.54, 1.807) is 6.20 Å². The molecule has 0 bridgehead atoms. The fourth-order valence-electron chi connectivity index (χ4n) is 1.40. The molecule has 0 aliphatic carbocycles. The number of aromatic nitrogens is 3. The normalized spacial score (nSPS) is 12.9. The minimum Gasteiger partial charge on any atom is -0.305 e. The summed E-state index contributed by atoms with van der Waals surface area (Å²) in [4.78, 5) is 8.41. The molecule has 1 unspecified atom stereocenters. The molecular weight excluding hydrogens is 268 g/mol. The second-order valence-corrected chi connectivity index (χ2v) is 4.41. The summed E-state index contributed by atoms with van der Waals surface area (Å²) in [6, 6.07) is 0.288. The first-order chi connectivity index (χ1) is 7.70. The van der Waals surface area contributed by atoms with Crippen molar-refractivity contribution in [3.05, 3.63) is 41.5 Å². The molecule has 5 heteroatoms. The Kier molecular flexibility index (Phi) is 3.36. The molecule has 2 heterocycles. The lowest BCUT2D eigenvalue weighted by atomic mass is 10.3. The van der Waals surface area contributed by atoms with Crippen LogP contribution >= 0.6 is 15.9 Å². The van der Waals surface area contributed by atoms with Crippen LogP contribution in [-0.4, -0.2) is 20.4 Å². The van der Waals surface area contributed by atoms with E-state index in [9.17, 15) is 0 Å². The van der Waals surface area contributed by atoms with Crippen LogP contribution in [0.2, 0.25) is 0 Å². The van der Waals surface area contributed by atoms with Gasteiger partial charge in [0.05, 0.1) is 18.1 Å². The van der Waals surface area contributed by atoms with Crippen molar-refractivity contribution < 1.29 is 0 Å². The Morgan fingerprint density at radius 3 is 3.12 bits per heavy atom. The van der Waals surface area contributed by atoms with Gasteiger partial charge in [0.1, 0.15) is 4.60 Å². The molecule has 0 radical (unpaired) electrons. The molecule has 0 aliphatic heterocycles. The van der Waals surface area contributed by atoms with Crippen molar-refractivity contribution in [1.82, 2.24) is 19.7 Å². The van der Waals surface area contributed by atoms with Gasteiger partial charge >= 0.3 is 0 Å². The molecule has 16 heavy (non-hydrogen) atoms. The SMILES string of the molecule is C=CC(C)NCc1cnc2cnc(Br)cn12. The second-order valence-electron chi connectivity index (χ2n) is 3.59. The van der Waals surface area contributed by atoms with Gasteiger partial charge in [0.15, 0.2) is 5.65 Å². The molecule has 0 saturated heterocycles. The summed E-state index contributed by atoms with van der Waals surface area (Å²) in [5, 5.41) is 3.33. The highest BCUT2D eigenvalue weighted by Gasteiger charge is 2.04. The van der Waals surface area contributed by atoms with Crippen molar-refractivity contribution in [2.24, 2.45) is 0 Å². The second kappa shape index (κ2) is 4.76. The van der Waals surface area contributed by atoms with E-state index in [0.29, 0.717) is 0 Å². The van der Waals surface area contributed by atoms with Crippen LogP contribution in [-0.2, 0) is 6.54 Å². The topological polar surface area (TPSA) is 42.2 Å². The number of hydrogen-bond donors (Lipinski definition) is 1. The summed E-state index contributed by atoms with van der Waals surface area (Å²) in [5.74, 6) is 0. The molecule has 4 nitrogen and oxygen atoms in total. The Labute approximate surface area is 103 Å². The molecule has 0 spiro atoms. The number of rotatable bonds is 4. The van der Waals surface area contributed by atoms with Gasteiger partial charge < -0.3 is 5.32 Å². The maximum Gasteiger partial charge on any atom is 0.155 e. The van der Waals surface area contributed by atoms with Gasteiger partial charge in [-0.15, -0.1) is 6.58 Å². The summed E-state index contributed by atoms with van der Waals surface area (Å²) >= 11 is 3.35. The Balaban J connectivity index is 2.24. The zero-order valence-corrected chi connectivity index (χ0v) is 10.6. The smallest absolute Gasteiger partial charge is 0.155 e. The van der Waals surface area contributed by atoms with E-state index in [4.69, 9.17) is 0 Å². The predicted octanol–water partition coefficient (Wildman–Crippen LogP) is 2.16. The number of fused-ring (bicyclic) bond motifs is 1. The molecule has 84 valence electrons. The molecule has 1 atom stereocenters. The minimum absolute atomic E-state index is 0.288. The van der Waals surface area contributed by atoms with E-state index in [1.165, 1.54) is 0 Å². The van der Waals surface area contributed by atoms with Crippen molar-refractivity contribution in [2.45, 2.75) is 19.5 Å². The van der Waals surface area contributed by atoms with E-state index < -0.39 is 0 Å². The fraction of sp³-hybridized carbons (Fsp3) is 0.273. The maximum absolute atomic E-state index is 4.28. The number of nitrogens with zero attached hydrogens (tertiary/aromatic N) is 3. The average Bonchev–Trinajstić information content (AvgIpc) is 2.68. The molecule has 0 fully saturated rings. The lowest BCUT2D eigenvalue weighted by molar-refractivity contribution is 0.621. The minimum atomic E-state index is 0.288. The van der Waals surface area contributed by atoms with Crippen LogP contribution in [0, 0.1) is 0 Å². The summed E-state index contributed by atoms with van der Waals surface area (Å²) in [5.41, 5.74) is 1.96. The molecular formula is C11H13BrN4. The van der Waals surface area contributed by atoms with Crippen LogP contribution in [0.1, 0.15) is 12.6 Å². The van der Waals surface area contributed by atoms with Crippen molar-refractivity contribution in [3.63, 3.8) is 0 Å². The third-order valence-electron chi connectivity index (χ3n) is 2.40. The lowest BCUT2D eigenvalue weighted by Gasteiger charge is -2.08. The summed E-state index contributed by atoms with van der Waals surface area (Å²) < 4.78 is 2.82. The first kappa shape index (κ1) is 11.3. The lowest BCUT2D eigenvalue weighted by Crippen LogP contribution is -2.23. The summed E-state index contributed by atoms with van der Waals surface area (Å²) in [6.07, 6.45) is 7.38.